The Labute approximate surface area is 235 Å². The predicted molar refractivity (Wildman–Crippen MR) is 154 cm³/mol. The lowest BCUT2D eigenvalue weighted by atomic mass is 9.55. The Kier molecular flexibility index (Phi) is 7.76. The molecule has 0 radical (unpaired) electrons. The van der Waals surface area contributed by atoms with Crippen molar-refractivity contribution in [2.45, 2.75) is 56.6 Å². The molecule has 1 aliphatic heterocycles. The molecule has 1 N–H and O–H groups in total. The van der Waals surface area contributed by atoms with Crippen molar-refractivity contribution in [1.29, 1.82) is 0 Å². The minimum Gasteiger partial charge on any atom is -0.457 e. The van der Waals surface area contributed by atoms with E-state index in [4.69, 9.17) is 9.47 Å². The number of likely N-dealkylation sites (tertiary alicyclic amines) is 1. The van der Waals surface area contributed by atoms with Crippen molar-refractivity contribution in [2.75, 3.05) is 19.6 Å². The average molecular weight is 541 g/mol. The molecule has 1 heterocycles. The van der Waals surface area contributed by atoms with Crippen molar-refractivity contribution < 1.29 is 23.9 Å². The first-order valence-corrected chi connectivity index (χ1v) is 13.9. The molecule has 0 unspecified atom stereocenters. The van der Waals surface area contributed by atoms with E-state index < -0.39 is 17.0 Å². The van der Waals surface area contributed by atoms with Crippen LogP contribution in [0, 0.1) is 0 Å². The highest BCUT2D eigenvalue weighted by Gasteiger charge is 2.60. The van der Waals surface area contributed by atoms with E-state index >= 15 is 0 Å². The van der Waals surface area contributed by atoms with Gasteiger partial charge < -0.3 is 14.8 Å². The van der Waals surface area contributed by atoms with Crippen LogP contribution in [0.15, 0.2) is 79.4 Å². The molecule has 7 nitrogen and oxygen atoms in total. The van der Waals surface area contributed by atoms with Crippen LogP contribution >= 0.6 is 0 Å². The average Bonchev–Trinajstić information content (AvgIpc) is 2.92. The Morgan fingerprint density at radius 3 is 2.55 bits per heavy atom. The fraction of sp³-hybridized carbons (Fsp3) is 0.364. The molecule has 0 bridgehead atoms. The molecule has 40 heavy (non-hydrogen) atoms. The summed E-state index contributed by atoms with van der Waals surface area (Å²) in [6, 6.07) is 21.1. The van der Waals surface area contributed by atoms with Crippen LogP contribution in [-0.2, 0) is 19.7 Å². The standard InChI is InChI=1S/C33H36N2O5/c1-4-17-35-18-16-32(28-10-7-11-30(20-28)39-23(2)36)21-29(14-15-33(32,22-35)40-24(3)37)34-31(38)27-13-12-25-8-5-6-9-26(25)19-27/h4-13,19-20,29H,1,14-18,21-22H2,2-3H3,(H,34,38)/t29-,32+,33+/m1/s1. The van der Waals surface area contributed by atoms with E-state index in [0.29, 0.717) is 50.1 Å². The molecule has 1 aliphatic carbocycles. The number of benzene rings is 3. The van der Waals surface area contributed by atoms with Gasteiger partial charge in [0.1, 0.15) is 11.4 Å². The van der Waals surface area contributed by atoms with E-state index in [-0.39, 0.29) is 17.9 Å². The summed E-state index contributed by atoms with van der Waals surface area (Å²) in [5.41, 5.74) is 0.156. The number of rotatable bonds is 7. The lowest BCUT2D eigenvalue weighted by Gasteiger charge is -2.59. The van der Waals surface area contributed by atoms with E-state index in [9.17, 15) is 14.4 Å². The van der Waals surface area contributed by atoms with Gasteiger partial charge in [0.05, 0.1) is 0 Å². The number of nitrogens with zero attached hydrogens (tertiary/aromatic N) is 1. The number of ether oxygens (including phenoxy) is 2. The molecule has 7 heteroatoms. The summed E-state index contributed by atoms with van der Waals surface area (Å²) in [6.45, 7) is 8.76. The zero-order chi connectivity index (χ0) is 28.3. The van der Waals surface area contributed by atoms with E-state index in [2.05, 4.69) is 16.8 Å². The molecule has 1 amide bonds. The van der Waals surface area contributed by atoms with Crippen molar-refractivity contribution in [2.24, 2.45) is 0 Å². The molecule has 3 aromatic rings. The monoisotopic (exact) mass is 540 g/mol. The van der Waals surface area contributed by atoms with Gasteiger partial charge in [-0.2, -0.15) is 0 Å². The second-order valence-corrected chi connectivity index (χ2v) is 11.0. The zero-order valence-corrected chi connectivity index (χ0v) is 23.2. The molecule has 2 aliphatic rings. The molecular weight excluding hydrogens is 504 g/mol. The van der Waals surface area contributed by atoms with Crippen molar-refractivity contribution in [1.82, 2.24) is 10.2 Å². The fourth-order valence-electron chi connectivity index (χ4n) is 6.77. The molecule has 5 rings (SSSR count). The Bertz CT molecular complexity index is 1450. The van der Waals surface area contributed by atoms with Gasteiger partial charge in [-0.3, -0.25) is 19.3 Å². The second kappa shape index (κ2) is 11.3. The Morgan fingerprint density at radius 1 is 1.00 bits per heavy atom. The van der Waals surface area contributed by atoms with Crippen LogP contribution in [0.1, 0.15) is 55.5 Å². The number of carbonyl (C=O) groups is 3. The maximum atomic E-state index is 13.5. The lowest BCUT2D eigenvalue weighted by molar-refractivity contribution is -0.186. The minimum absolute atomic E-state index is 0.122. The maximum Gasteiger partial charge on any atom is 0.308 e. The second-order valence-electron chi connectivity index (χ2n) is 11.0. The summed E-state index contributed by atoms with van der Waals surface area (Å²) < 4.78 is 11.7. The summed E-state index contributed by atoms with van der Waals surface area (Å²) in [5, 5.41) is 5.39. The molecule has 3 aromatic carbocycles. The number of hydrogen-bond donors (Lipinski definition) is 1. The third-order valence-electron chi connectivity index (χ3n) is 8.42. The highest BCUT2D eigenvalue weighted by atomic mass is 16.6. The van der Waals surface area contributed by atoms with E-state index in [0.717, 1.165) is 22.9 Å². The van der Waals surface area contributed by atoms with Crippen molar-refractivity contribution in [3.05, 3.63) is 90.5 Å². The van der Waals surface area contributed by atoms with Crippen molar-refractivity contribution in [3.8, 4) is 5.75 Å². The van der Waals surface area contributed by atoms with Gasteiger partial charge in [0.2, 0.25) is 0 Å². The maximum absolute atomic E-state index is 13.5. The van der Waals surface area contributed by atoms with Crippen molar-refractivity contribution in [3.63, 3.8) is 0 Å². The normalized spacial score (nSPS) is 24.5. The topological polar surface area (TPSA) is 84.9 Å². The molecular formula is C33H36N2O5. The van der Waals surface area contributed by atoms with Gasteiger partial charge in [-0.05, 0) is 72.8 Å². The van der Waals surface area contributed by atoms with E-state index in [1.165, 1.54) is 13.8 Å². The smallest absolute Gasteiger partial charge is 0.308 e. The summed E-state index contributed by atoms with van der Waals surface area (Å²) in [7, 11) is 0. The predicted octanol–water partition coefficient (Wildman–Crippen LogP) is 5.18. The van der Waals surface area contributed by atoms with Crippen LogP contribution in [-0.4, -0.2) is 54.0 Å². The number of hydrogen-bond acceptors (Lipinski definition) is 6. The Morgan fingerprint density at radius 2 is 1.80 bits per heavy atom. The van der Waals surface area contributed by atoms with E-state index in [1.54, 1.807) is 6.07 Å². The zero-order valence-electron chi connectivity index (χ0n) is 23.2. The lowest BCUT2D eigenvalue weighted by Crippen LogP contribution is -2.68. The van der Waals surface area contributed by atoms with Gasteiger partial charge in [0, 0.05) is 44.0 Å². The molecule has 208 valence electrons. The summed E-state index contributed by atoms with van der Waals surface area (Å²) in [4.78, 5) is 40.0. The number of esters is 2. The number of nitrogens with one attached hydrogen (secondary N) is 1. The van der Waals surface area contributed by atoms with Crippen LogP contribution in [0.4, 0.5) is 0 Å². The molecule has 3 atom stereocenters. The molecule has 1 saturated carbocycles. The first-order chi connectivity index (χ1) is 19.2. The first-order valence-electron chi connectivity index (χ1n) is 13.9. The molecule has 1 saturated heterocycles. The molecule has 0 spiro atoms. The number of amides is 1. The van der Waals surface area contributed by atoms with Crippen LogP contribution in [0.5, 0.6) is 5.75 Å². The number of piperidine rings is 1. The first kappa shape index (κ1) is 27.6. The Balaban J connectivity index is 1.51. The third kappa shape index (κ3) is 5.39. The van der Waals surface area contributed by atoms with Gasteiger partial charge in [0.25, 0.3) is 5.91 Å². The van der Waals surface area contributed by atoms with Crippen LogP contribution in [0.2, 0.25) is 0 Å². The van der Waals surface area contributed by atoms with Gasteiger partial charge in [0.15, 0.2) is 0 Å². The van der Waals surface area contributed by atoms with Gasteiger partial charge in [-0.1, -0.05) is 48.5 Å². The largest absolute Gasteiger partial charge is 0.457 e. The minimum atomic E-state index is -0.806. The molecule has 2 fully saturated rings. The van der Waals surface area contributed by atoms with Gasteiger partial charge in [-0.25, -0.2) is 0 Å². The number of fused-ring (bicyclic) bond motifs is 2. The van der Waals surface area contributed by atoms with Crippen LogP contribution in [0.25, 0.3) is 10.8 Å². The number of carbonyl (C=O) groups excluding carboxylic acids is 3. The van der Waals surface area contributed by atoms with Crippen molar-refractivity contribution >= 4 is 28.6 Å². The quantitative estimate of drug-likeness (QED) is 0.253. The summed E-state index contributed by atoms with van der Waals surface area (Å²) in [6.07, 6.45) is 4.41. The van der Waals surface area contributed by atoms with E-state index in [1.807, 2.05) is 66.7 Å². The van der Waals surface area contributed by atoms with Gasteiger partial charge in [-0.15, -0.1) is 6.58 Å². The highest BCUT2D eigenvalue weighted by molar-refractivity contribution is 5.98. The van der Waals surface area contributed by atoms with Crippen LogP contribution in [0.3, 0.4) is 0 Å². The highest BCUT2D eigenvalue weighted by Crippen LogP contribution is 2.54. The fourth-order valence-corrected chi connectivity index (χ4v) is 6.77. The Hall–Kier alpha value is -3.97. The summed E-state index contributed by atoms with van der Waals surface area (Å²) >= 11 is 0. The third-order valence-corrected chi connectivity index (χ3v) is 8.42. The SMILES string of the molecule is C=CCN1CC[C@@]2(c3cccc(OC(C)=O)c3)C[C@H](NC(=O)c3ccc4ccccc4c3)CC[C@]2(OC(C)=O)C1. The molecule has 0 aromatic heterocycles. The van der Waals surface area contributed by atoms with Gasteiger partial charge >= 0.3 is 11.9 Å². The van der Waals surface area contributed by atoms with Crippen LogP contribution < -0.4 is 10.1 Å². The summed E-state index contributed by atoms with van der Waals surface area (Å²) in [5.74, 6) is -0.402.